The van der Waals surface area contributed by atoms with Crippen LogP contribution in [0.4, 0.5) is 0 Å². The van der Waals surface area contributed by atoms with Gasteiger partial charge in [0.05, 0.1) is 11.0 Å². The molecule has 2 aromatic heterocycles. The monoisotopic (exact) mass is 328 g/mol. The third-order valence-corrected chi connectivity index (χ3v) is 4.90. The van der Waals surface area contributed by atoms with E-state index in [1.54, 1.807) is 0 Å². The average Bonchev–Trinajstić information content (AvgIpc) is 2.60. The second kappa shape index (κ2) is 4.89. The molecule has 0 radical (unpaired) electrons. The van der Waals surface area contributed by atoms with Crippen LogP contribution in [0.5, 0.6) is 0 Å². The summed E-state index contributed by atoms with van der Waals surface area (Å²) in [5.41, 5.74) is 2.94. The largest absolute Gasteiger partial charge is 0.256 e. The van der Waals surface area contributed by atoms with Crippen molar-refractivity contribution in [3.05, 3.63) is 71.5 Å². The van der Waals surface area contributed by atoms with E-state index in [-0.39, 0.29) is 0 Å². The van der Waals surface area contributed by atoms with Crippen LogP contribution >= 0.6 is 11.6 Å². The van der Waals surface area contributed by atoms with Crippen LogP contribution in [0.15, 0.2) is 60.8 Å². The van der Waals surface area contributed by atoms with Crippen molar-refractivity contribution in [3.63, 3.8) is 0 Å². The van der Waals surface area contributed by atoms with Crippen LogP contribution in [0.1, 0.15) is 5.69 Å². The van der Waals surface area contributed by atoms with Crippen molar-refractivity contribution in [2.75, 3.05) is 0 Å². The molecule has 5 rings (SSSR count). The standard InChI is InChI=1S/C21H13ClN2/c1-12-15-8-9-18-21(16-5-3-2-4-13(16)11-23-18)20(15)17-7-6-14(22)10-19(17)24-12/h2-11H,1H3. The van der Waals surface area contributed by atoms with Gasteiger partial charge in [0, 0.05) is 43.8 Å². The summed E-state index contributed by atoms with van der Waals surface area (Å²) in [6, 6.07) is 18.5. The zero-order valence-corrected chi connectivity index (χ0v) is 13.8. The molecule has 0 saturated heterocycles. The fourth-order valence-electron chi connectivity index (χ4n) is 3.58. The molecule has 0 fully saturated rings. The van der Waals surface area contributed by atoms with E-state index < -0.39 is 0 Å². The number of pyridine rings is 2. The third kappa shape index (κ3) is 1.84. The maximum absolute atomic E-state index is 6.18. The van der Waals surface area contributed by atoms with E-state index in [4.69, 9.17) is 16.6 Å². The van der Waals surface area contributed by atoms with Crippen LogP contribution in [0.25, 0.3) is 43.4 Å². The van der Waals surface area contributed by atoms with Crippen molar-refractivity contribution >= 4 is 55.0 Å². The summed E-state index contributed by atoms with van der Waals surface area (Å²) >= 11 is 6.18. The van der Waals surface area contributed by atoms with Gasteiger partial charge in [-0.2, -0.15) is 0 Å². The van der Waals surface area contributed by atoms with Crippen LogP contribution in [0.3, 0.4) is 0 Å². The highest BCUT2D eigenvalue weighted by Gasteiger charge is 2.12. The Morgan fingerprint density at radius 1 is 0.792 bits per heavy atom. The number of halogens is 1. The summed E-state index contributed by atoms with van der Waals surface area (Å²) in [7, 11) is 0. The highest BCUT2D eigenvalue weighted by Crippen LogP contribution is 2.36. The molecule has 0 bridgehead atoms. The molecular weight excluding hydrogens is 316 g/mol. The van der Waals surface area contributed by atoms with Gasteiger partial charge in [0.2, 0.25) is 0 Å². The van der Waals surface area contributed by atoms with Gasteiger partial charge in [-0.15, -0.1) is 0 Å². The molecular formula is C21H13ClN2. The quantitative estimate of drug-likeness (QED) is 0.323. The van der Waals surface area contributed by atoms with Crippen molar-refractivity contribution in [1.29, 1.82) is 0 Å². The number of rotatable bonds is 0. The summed E-state index contributed by atoms with van der Waals surface area (Å²) in [6.07, 6.45) is 1.94. The molecule has 2 heterocycles. The number of aromatic nitrogens is 2. The van der Waals surface area contributed by atoms with Crippen LogP contribution < -0.4 is 0 Å². The van der Waals surface area contributed by atoms with Crippen molar-refractivity contribution in [3.8, 4) is 0 Å². The number of benzene rings is 3. The predicted octanol–water partition coefficient (Wildman–Crippen LogP) is 6.05. The van der Waals surface area contributed by atoms with Crippen molar-refractivity contribution < 1.29 is 0 Å². The lowest BCUT2D eigenvalue weighted by molar-refractivity contribution is 1.29. The minimum absolute atomic E-state index is 0.706. The first-order chi connectivity index (χ1) is 11.7. The van der Waals surface area contributed by atoms with Crippen LogP contribution in [-0.4, -0.2) is 9.97 Å². The van der Waals surface area contributed by atoms with E-state index in [0.717, 1.165) is 32.9 Å². The van der Waals surface area contributed by atoms with E-state index in [1.165, 1.54) is 16.2 Å². The first-order valence-corrected chi connectivity index (χ1v) is 8.26. The van der Waals surface area contributed by atoms with Gasteiger partial charge in [-0.1, -0.05) is 48.0 Å². The first-order valence-electron chi connectivity index (χ1n) is 7.88. The minimum Gasteiger partial charge on any atom is -0.256 e. The van der Waals surface area contributed by atoms with Crippen molar-refractivity contribution in [2.45, 2.75) is 6.92 Å². The number of fused-ring (bicyclic) bond motifs is 7. The molecule has 0 amide bonds. The Hall–Kier alpha value is -2.71. The Morgan fingerprint density at radius 3 is 2.54 bits per heavy atom. The van der Waals surface area contributed by atoms with Gasteiger partial charge in [0.25, 0.3) is 0 Å². The Kier molecular flexibility index (Phi) is 2.79. The van der Waals surface area contributed by atoms with E-state index in [9.17, 15) is 0 Å². The Balaban J connectivity index is 2.18. The highest BCUT2D eigenvalue weighted by atomic mass is 35.5. The zero-order chi connectivity index (χ0) is 16.3. The maximum atomic E-state index is 6.18. The van der Waals surface area contributed by atoms with Gasteiger partial charge in [-0.05, 0) is 30.5 Å². The lowest BCUT2D eigenvalue weighted by Crippen LogP contribution is -1.91. The van der Waals surface area contributed by atoms with E-state index >= 15 is 0 Å². The second-order valence-corrected chi connectivity index (χ2v) is 6.52. The summed E-state index contributed by atoms with van der Waals surface area (Å²) in [5, 5.41) is 7.74. The molecule has 0 atom stereocenters. The Labute approximate surface area is 143 Å². The first kappa shape index (κ1) is 13.7. The highest BCUT2D eigenvalue weighted by molar-refractivity contribution is 6.32. The smallest absolute Gasteiger partial charge is 0.0726 e. The number of aryl methyl sites for hydroxylation is 1. The molecule has 114 valence electrons. The Morgan fingerprint density at radius 2 is 1.62 bits per heavy atom. The molecule has 0 spiro atoms. The molecule has 0 aliphatic heterocycles. The molecule has 5 aromatic rings. The number of nitrogens with zero attached hydrogens (tertiary/aromatic N) is 2. The molecule has 0 saturated carbocycles. The Bertz CT molecular complexity index is 1280. The SMILES string of the molecule is Cc1nc2cc(Cl)ccc2c2c1ccc1ncc3ccccc3c12. The number of hydrogen-bond donors (Lipinski definition) is 0. The zero-order valence-electron chi connectivity index (χ0n) is 13.0. The summed E-state index contributed by atoms with van der Waals surface area (Å²) in [5.74, 6) is 0. The van der Waals surface area contributed by atoms with Gasteiger partial charge in [-0.3, -0.25) is 9.97 Å². The normalized spacial score (nSPS) is 11.8. The second-order valence-electron chi connectivity index (χ2n) is 6.09. The molecule has 3 heteroatoms. The lowest BCUT2D eigenvalue weighted by atomic mass is 9.96. The van der Waals surface area contributed by atoms with Crippen molar-refractivity contribution in [1.82, 2.24) is 9.97 Å². The van der Waals surface area contributed by atoms with Gasteiger partial charge in [-0.25, -0.2) is 0 Å². The van der Waals surface area contributed by atoms with Crippen molar-refractivity contribution in [2.24, 2.45) is 0 Å². The topological polar surface area (TPSA) is 25.8 Å². The van der Waals surface area contributed by atoms with Crippen LogP contribution in [0.2, 0.25) is 5.02 Å². The van der Waals surface area contributed by atoms with Gasteiger partial charge in [0.1, 0.15) is 0 Å². The molecule has 3 aromatic carbocycles. The van der Waals surface area contributed by atoms with Gasteiger partial charge >= 0.3 is 0 Å². The molecule has 0 aliphatic rings. The lowest BCUT2D eigenvalue weighted by Gasteiger charge is -2.12. The van der Waals surface area contributed by atoms with E-state index in [1.807, 2.05) is 31.3 Å². The fraction of sp³-hybridized carbons (Fsp3) is 0.0476. The number of hydrogen-bond acceptors (Lipinski definition) is 2. The molecule has 24 heavy (non-hydrogen) atoms. The molecule has 0 aliphatic carbocycles. The average molecular weight is 329 g/mol. The van der Waals surface area contributed by atoms with Gasteiger partial charge < -0.3 is 0 Å². The van der Waals surface area contributed by atoms with Gasteiger partial charge in [0.15, 0.2) is 0 Å². The third-order valence-electron chi connectivity index (χ3n) is 4.66. The van der Waals surface area contributed by atoms with Crippen LogP contribution in [-0.2, 0) is 0 Å². The summed E-state index contributed by atoms with van der Waals surface area (Å²) < 4.78 is 0. The molecule has 2 nitrogen and oxygen atoms in total. The maximum Gasteiger partial charge on any atom is 0.0726 e. The molecule has 0 unspecified atom stereocenters. The van der Waals surface area contributed by atoms with Crippen LogP contribution in [0, 0.1) is 6.92 Å². The van der Waals surface area contributed by atoms with E-state index in [2.05, 4.69) is 41.4 Å². The molecule has 0 N–H and O–H groups in total. The fourth-order valence-corrected chi connectivity index (χ4v) is 3.75. The summed E-state index contributed by atoms with van der Waals surface area (Å²) in [4.78, 5) is 9.41. The summed E-state index contributed by atoms with van der Waals surface area (Å²) in [6.45, 7) is 2.05. The predicted molar refractivity (Wildman–Crippen MR) is 102 cm³/mol. The minimum atomic E-state index is 0.706. The van der Waals surface area contributed by atoms with E-state index in [0.29, 0.717) is 5.02 Å².